The number of aliphatic hydroxyl groups is 2. The highest BCUT2D eigenvalue weighted by Gasteiger charge is 2.32. The molecule has 3 heteroatoms. The molecule has 19 heavy (non-hydrogen) atoms. The largest absolute Gasteiger partial charge is 0.396 e. The highest BCUT2D eigenvalue weighted by atomic mass is 16.5. The first-order valence-electron chi connectivity index (χ1n) is 7.21. The lowest BCUT2D eigenvalue weighted by Crippen LogP contribution is -2.39. The van der Waals surface area contributed by atoms with Crippen LogP contribution in [-0.4, -0.2) is 35.6 Å². The van der Waals surface area contributed by atoms with Gasteiger partial charge in [0.25, 0.3) is 0 Å². The fraction of sp³-hybridized carbons (Fsp3) is 0.750. The molecule has 0 rings (SSSR count). The van der Waals surface area contributed by atoms with Gasteiger partial charge in [-0.2, -0.15) is 0 Å². The van der Waals surface area contributed by atoms with Crippen molar-refractivity contribution in [3.05, 3.63) is 24.3 Å². The Bertz CT molecular complexity index is 257. The van der Waals surface area contributed by atoms with E-state index < -0.39 is 11.0 Å². The van der Waals surface area contributed by atoms with Crippen LogP contribution < -0.4 is 0 Å². The van der Waals surface area contributed by atoms with Gasteiger partial charge in [0.05, 0.1) is 19.8 Å². The maximum atomic E-state index is 9.49. The first-order chi connectivity index (χ1) is 9.07. The summed E-state index contributed by atoms with van der Waals surface area (Å²) in [6.07, 6.45) is 10.7. The third-order valence-electron chi connectivity index (χ3n) is 3.61. The molecule has 0 saturated heterocycles. The van der Waals surface area contributed by atoms with Gasteiger partial charge < -0.3 is 14.9 Å². The minimum Gasteiger partial charge on any atom is -0.396 e. The molecule has 0 aromatic carbocycles. The molecule has 0 spiro atoms. The van der Waals surface area contributed by atoms with Gasteiger partial charge in [-0.25, -0.2) is 0 Å². The van der Waals surface area contributed by atoms with Crippen LogP contribution in [0.25, 0.3) is 0 Å². The number of hydrogen-bond donors (Lipinski definition) is 2. The fourth-order valence-corrected chi connectivity index (χ4v) is 2.10. The quantitative estimate of drug-likeness (QED) is 0.600. The maximum Gasteiger partial charge on any atom is 0.104 e. The van der Waals surface area contributed by atoms with Gasteiger partial charge in [-0.1, -0.05) is 44.6 Å². The smallest absolute Gasteiger partial charge is 0.104 e. The van der Waals surface area contributed by atoms with Gasteiger partial charge in [0.15, 0.2) is 0 Å². The van der Waals surface area contributed by atoms with E-state index in [-0.39, 0.29) is 13.2 Å². The second-order valence-electron chi connectivity index (χ2n) is 5.16. The molecule has 0 radical (unpaired) electrons. The molecule has 0 saturated carbocycles. The predicted octanol–water partition coefficient (Wildman–Crippen LogP) is 3.08. The highest BCUT2D eigenvalue weighted by Crippen LogP contribution is 2.28. The van der Waals surface area contributed by atoms with Gasteiger partial charge in [0.1, 0.15) is 5.60 Å². The number of aliphatic hydroxyl groups excluding tert-OH is 2. The van der Waals surface area contributed by atoms with Crippen molar-refractivity contribution in [1.29, 1.82) is 0 Å². The Morgan fingerprint density at radius 2 is 1.53 bits per heavy atom. The van der Waals surface area contributed by atoms with Crippen LogP contribution in [0, 0.1) is 5.41 Å². The van der Waals surface area contributed by atoms with Crippen LogP contribution in [0.1, 0.15) is 47.0 Å². The van der Waals surface area contributed by atoms with E-state index in [0.717, 1.165) is 12.8 Å². The minimum absolute atomic E-state index is 0.0616. The topological polar surface area (TPSA) is 49.7 Å². The van der Waals surface area contributed by atoms with E-state index >= 15 is 0 Å². The van der Waals surface area contributed by atoms with Crippen molar-refractivity contribution in [2.24, 2.45) is 5.41 Å². The molecule has 0 fully saturated rings. The monoisotopic (exact) mass is 270 g/mol. The third-order valence-corrected chi connectivity index (χ3v) is 3.61. The van der Waals surface area contributed by atoms with Crippen molar-refractivity contribution < 1.29 is 14.9 Å². The van der Waals surface area contributed by atoms with Crippen LogP contribution in [0.15, 0.2) is 24.3 Å². The maximum absolute atomic E-state index is 9.49. The zero-order valence-electron chi connectivity index (χ0n) is 12.9. The first-order valence-corrected chi connectivity index (χ1v) is 7.21. The molecular weight excluding hydrogens is 240 g/mol. The molecule has 3 nitrogen and oxygen atoms in total. The Morgan fingerprint density at radius 3 is 1.84 bits per heavy atom. The third kappa shape index (κ3) is 5.47. The molecule has 0 aliphatic rings. The summed E-state index contributed by atoms with van der Waals surface area (Å²) in [6.45, 7) is 8.26. The van der Waals surface area contributed by atoms with Gasteiger partial charge in [0, 0.05) is 5.41 Å². The summed E-state index contributed by atoms with van der Waals surface area (Å²) in [7, 11) is 0. The Labute approximate surface area is 118 Å². The number of hydrogen-bond acceptors (Lipinski definition) is 3. The van der Waals surface area contributed by atoms with Crippen molar-refractivity contribution >= 4 is 0 Å². The molecule has 0 amide bonds. The lowest BCUT2D eigenvalue weighted by molar-refractivity contribution is -0.0736. The summed E-state index contributed by atoms with van der Waals surface area (Å²) in [6, 6.07) is 0. The van der Waals surface area contributed by atoms with E-state index in [2.05, 4.69) is 6.92 Å². The standard InChI is InChI=1S/C16H30O3/c1-5-9-16(10-6-2,11-7-3)19-14-15(8-4,12-17)13-18/h5-6,9-10,17-18H,7-8,11-14H2,1-4H3. The lowest BCUT2D eigenvalue weighted by atomic mass is 9.87. The molecule has 0 aliphatic heterocycles. The molecule has 0 aromatic rings. The number of rotatable bonds is 10. The molecule has 0 heterocycles. The average molecular weight is 270 g/mol. The van der Waals surface area contributed by atoms with Gasteiger partial charge in [-0.15, -0.1) is 0 Å². The van der Waals surface area contributed by atoms with Crippen LogP contribution >= 0.6 is 0 Å². The SMILES string of the molecule is CC=CC(C=CC)(CCC)OCC(CC)(CO)CO. The van der Waals surface area contributed by atoms with E-state index in [1.165, 1.54) is 0 Å². The van der Waals surface area contributed by atoms with E-state index in [1.54, 1.807) is 0 Å². The molecular formula is C16H30O3. The zero-order chi connectivity index (χ0) is 14.8. The Hall–Kier alpha value is -0.640. The normalized spacial score (nSPS) is 16.3. The lowest BCUT2D eigenvalue weighted by Gasteiger charge is -2.35. The fourth-order valence-electron chi connectivity index (χ4n) is 2.10. The van der Waals surface area contributed by atoms with E-state index in [4.69, 9.17) is 4.74 Å². The van der Waals surface area contributed by atoms with Gasteiger partial charge in [-0.05, 0) is 26.7 Å². The summed E-state index contributed by atoms with van der Waals surface area (Å²) in [5.74, 6) is 0. The average Bonchev–Trinajstić information content (AvgIpc) is 2.42. The molecule has 0 bridgehead atoms. The van der Waals surface area contributed by atoms with Crippen molar-refractivity contribution in [3.8, 4) is 0 Å². The van der Waals surface area contributed by atoms with Gasteiger partial charge in [-0.3, -0.25) is 0 Å². The second kappa shape index (κ2) is 9.29. The molecule has 0 aromatic heterocycles. The molecule has 0 unspecified atom stereocenters. The van der Waals surface area contributed by atoms with Gasteiger partial charge >= 0.3 is 0 Å². The Balaban J connectivity index is 5.00. The minimum atomic E-state index is -0.553. The number of allylic oxidation sites excluding steroid dienone is 2. The van der Waals surface area contributed by atoms with Crippen LogP contribution in [0.2, 0.25) is 0 Å². The molecule has 2 N–H and O–H groups in total. The number of ether oxygens (including phenoxy) is 1. The second-order valence-corrected chi connectivity index (χ2v) is 5.16. The molecule has 112 valence electrons. The van der Waals surface area contributed by atoms with Crippen LogP contribution in [0.4, 0.5) is 0 Å². The van der Waals surface area contributed by atoms with Crippen molar-refractivity contribution in [1.82, 2.24) is 0 Å². The van der Waals surface area contributed by atoms with E-state index in [1.807, 2.05) is 45.1 Å². The molecule has 0 atom stereocenters. The summed E-state index contributed by atoms with van der Waals surface area (Å²) in [4.78, 5) is 0. The van der Waals surface area contributed by atoms with Crippen LogP contribution in [0.5, 0.6) is 0 Å². The van der Waals surface area contributed by atoms with Crippen molar-refractivity contribution in [2.45, 2.75) is 52.6 Å². The van der Waals surface area contributed by atoms with Crippen molar-refractivity contribution in [2.75, 3.05) is 19.8 Å². The zero-order valence-corrected chi connectivity index (χ0v) is 12.9. The van der Waals surface area contributed by atoms with Crippen LogP contribution in [-0.2, 0) is 4.74 Å². The molecule has 0 aliphatic carbocycles. The van der Waals surface area contributed by atoms with Gasteiger partial charge in [0.2, 0.25) is 0 Å². The summed E-state index contributed by atoms with van der Waals surface area (Å²) >= 11 is 0. The summed E-state index contributed by atoms with van der Waals surface area (Å²) in [5, 5.41) is 19.0. The predicted molar refractivity (Wildman–Crippen MR) is 80.1 cm³/mol. The van der Waals surface area contributed by atoms with E-state index in [0.29, 0.717) is 13.0 Å². The van der Waals surface area contributed by atoms with E-state index in [9.17, 15) is 10.2 Å². The highest BCUT2D eigenvalue weighted by molar-refractivity contribution is 5.14. The first kappa shape index (κ1) is 18.4. The summed E-state index contributed by atoms with van der Waals surface area (Å²) < 4.78 is 6.10. The van der Waals surface area contributed by atoms with Crippen LogP contribution in [0.3, 0.4) is 0 Å². The Kier molecular flexibility index (Phi) is 8.98. The summed E-state index contributed by atoms with van der Waals surface area (Å²) in [5.41, 5.74) is -0.981. The Morgan fingerprint density at radius 1 is 1.00 bits per heavy atom. The van der Waals surface area contributed by atoms with Crippen molar-refractivity contribution in [3.63, 3.8) is 0 Å².